The molecule has 1 N–H and O–H groups in total. The molecule has 236 valence electrons. The first-order valence-corrected chi connectivity index (χ1v) is 16.9. The quantitative estimate of drug-likeness (QED) is 0.257. The average molecular weight is 687 g/mol. The van der Waals surface area contributed by atoms with Crippen LogP contribution in [0.15, 0.2) is 76.1 Å². The van der Waals surface area contributed by atoms with E-state index in [1.165, 1.54) is 37.3 Å². The molecule has 1 fully saturated rings. The number of sulfonamides is 1. The molecule has 0 saturated heterocycles. The van der Waals surface area contributed by atoms with Crippen molar-refractivity contribution in [3.05, 3.63) is 82.3 Å². The van der Waals surface area contributed by atoms with E-state index in [0.717, 1.165) is 52.0 Å². The molecule has 0 bridgehead atoms. The van der Waals surface area contributed by atoms with Gasteiger partial charge in [-0.15, -0.1) is 0 Å². The van der Waals surface area contributed by atoms with E-state index in [2.05, 4.69) is 21.2 Å². The minimum atomic E-state index is -4.21. The minimum Gasteiger partial charge on any atom is -0.493 e. The molecule has 3 aromatic carbocycles. The highest BCUT2D eigenvalue weighted by molar-refractivity contribution is 9.10. The molecule has 2 amide bonds. The molecule has 0 heterocycles. The Labute approximate surface area is 268 Å². The highest BCUT2D eigenvalue weighted by Crippen LogP contribution is 2.34. The van der Waals surface area contributed by atoms with Crippen molar-refractivity contribution in [1.29, 1.82) is 0 Å². The number of halogens is 1. The van der Waals surface area contributed by atoms with E-state index in [4.69, 9.17) is 9.47 Å². The van der Waals surface area contributed by atoms with Gasteiger partial charge in [0.2, 0.25) is 11.8 Å². The van der Waals surface area contributed by atoms with E-state index in [9.17, 15) is 18.0 Å². The number of carbonyl (C=O) groups is 2. The fourth-order valence-corrected chi connectivity index (χ4v) is 6.95. The highest BCUT2D eigenvalue weighted by atomic mass is 79.9. The van der Waals surface area contributed by atoms with Gasteiger partial charge in [-0.3, -0.25) is 13.9 Å². The predicted octanol–water partition coefficient (Wildman–Crippen LogP) is 5.84. The van der Waals surface area contributed by atoms with Gasteiger partial charge in [-0.1, -0.05) is 65.0 Å². The molecule has 0 aliphatic heterocycles. The van der Waals surface area contributed by atoms with E-state index >= 15 is 0 Å². The highest BCUT2D eigenvalue weighted by Gasteiger charge is 2.33. The van der Waals surface area contributed by atoms with Crippen molar-refractivity contribution in [3.8, 4) is 11.5 Å². The van der Waals surface area contributed by atoms with Crippen LogP contribution in [0.3, 0.4) is 0 Å². The molecule has 44 heavy (non-hydrogen) atoms. The van der Waals surface area contributed by atoms with Gasteiger partial charge in [0.15, 0.2) is 11.5 Å². The number of nitrogens with one attached hydrogen (secondary N) is 1. The molecule has 1 aliphatic rings. The number of carbonyl (C=O) groups excluding carboxylic acids is 2. The number of anilines is 1. The van der Waals surface area contributed by atoms with Crippen molar-refractivity contribution in [2.75, 3.05) is 25.1 Å². The zero-order valence-corrected chi connectivity index (χ0v) is 28.0. The second-order valence-corrected chi connectivity index (χ2v) is 13.8. The number of amides is 2. The predicted molar refractivity (Wildman–Crippen MR) is 174 cm³/mol. The van der Waals surface area contributed by atoms with Crippen LogP contribution >= 0.6 is 15.9 Å². The first kappa shape index (κ1) is 33.3. The summed E-state index contributed by atoms with van der Waals surface area (Å²) >= 11 is 3.44. The van der Waals surface area contributed by atoms with Gasteiger partial charge in [-0.05, 0) is 68.7 Å². The van der Waals surface area contributed by atoms with E-state index < -0.39 is 28.5 Å². The smallest absolute Gasteiger partial charge is 0.264 e. The molecule has 4 rings (SSSR count). The molecule has 1 aliphatic carbocycles. The number of methoxy groups -OCH3 is 2. The summed E-state index contributed by atoms with van der Waals surface area (Å²) in [4.78, 5) is 29.2. The molecule has 0 radical (unpaired) electrons. The van der Waals surface area contributed by atoms with Crippen LogP contribution in [0, 0.1) is 6.92 Å². The maximum atomic E-state index is 14.2. The number of ether oxygens (including phenoxy) is 2. The third kappa shape index (κ3) is 8.12. The number of benzene rings is 3. The second kappa shape index (κ2) is 14.9. The van der Waals surface area contributed by atoms with Crippen LogP contribution in [-0.2, 0) is 26.2 Å². The summed E-state index contributed by atoms with van der Waals surface area (Å²) in [7, 11) is -1.26. The summed E-state index contributed by atoms with van der Waals surface area (Å²) in [6, 6.07) is 17.8. The Bertz CT molecular complexity index is 1540. The van der Waals surface area contributed by atoms with Crippen molar-refractivity contribution in [1.82, 2.24) is 10.2 Å². The summed E-state index contributed by atoms with van der Waals surface area (Å²) in [6.45, 7) is 3.13. The fraction of sp³-hybridized carbons (Fsp3) is 0.394. The Morgan fingerprint density at radius 3 is 2.18 bits per heavy atom. The van der Waals surface area contributed by atoms with Gasteiger partial charge in [0.1, 0.15) is 12.6 Å². The average Bonchev–Trinajstić information content (AvgIpc) is 3.03. The van der Waals surface area contributed by atoms with Crippen LogP contribution in [-0.4, -0.2) is 58.0 Å². The van der Waals surface area contributed by atoms with Gasteiger partial charge in [0, 0.05) is 23.1 Å². The van der Waals surface area contributed by atoms with Crippen molar-refractivity contribution < 1.29 is 27.5 Å². The van der Waals surface area contributed by atoms with E-state index in [1.54, 1.807) is 31.2 Å². The van der Waals surface area contributed by atoms with Gasteiger partial charge >= 0.3 is 0 Å². The first-order valence-electron chi connectivity index (χ1n) is 14.7. The van der Waals surface area contributed by atoms with Crippen LogP contribution in [0.5, 0.6) is 11.5 Å². The SMILES string of the molecule is COc1ccc(N(CC(=O)N(Cc2ccc(Br)cc2)[C@H](C)C(=O)NC2CCCCC2)S(=O)(=O)c2ccc(C)cc2)cc1OC. The first-order chi connectivity index (χ1) is 21.0. The lowest BCUT2D eigenvalue weighted by molar-refractivity contribution is -0.139. The fourth-order valence-electron chi connectivity index (χ4n) is 5.28. The number of hydrogen-bond acceptors (Lipinski definition) is 6. The summed E-state index contributed by atoms with van der Waals surface area (Å²) in [5, 5.41) is 3.12. The maximum absolute atomic E-state index is 14.2. The molecule has 1 atom stereocenters. The van der Waals surface area contributed by atoms with Crippen LogP contribution in [0.4, 0.5) is 5.69 Å². The number of nitrogens with zero attached hydrogens (tertiary/aromatic N) is 2. The van der Waals surface area contributed by atoms with Crippen molar-refractivity contribution >= 4 is 43.5 Å². The molecule has 0 spiro atoms. The third-order valence-electron chi connectivity index (χ3n) is 7.93. The molecular weight excluding hydrogens is 646 g/mol. The van der Waals surface area contributed by atoms with Gasteiger partial charge in [-0.2, -0.15) is 0 Å². The van der Waals surface area contributed by atoms with Crippen molar-refractivity contribution in [3.63, 3.8) is 0 Å². The monoisotopic (exact) mass is 685 g/mol. The van der Waals surface area contributed by atoms with Crippen LogP contribution in [0.1, 0.15) is 50.2 Å². The van der Waals surface area contributed by atoms with Crippen LogP contribution in [0.25, 0.3) is 0 Å². The molecule has 9 nitrogen and oxygen atoms in total. The Kier molecular flexibility index (Phi) is 11.3. The van der Waals surface area contributed by atoms with Gasteiger partial charge < -0.3 is 19.7 Å². The summed E-state index contributed by atoms with van der Waals surface area (Å²) in [5.41, 5.74) is 1.92. The van der Waals surface area contributed by atoms with Gasteiger partial charge in [0.05, 0.1) is 24.8 Å². The lowest BCUT2D eigenvalue weighted by Crippen LogP contribution is -2.53. The van der Waals surface area contributed by atoms with E-state index in [-0.39, 0.29) is 29.1 Å². The number of rotatable bonds is 12. The van der Waals surface area contributed by atoms with E-state index in [1.807, 2.05) is 31.2 Å². The normalized spacial score (nSPS) is 14.4. The van der Waals surface area contributed by atoms with Crippen molar-refractivity contribution in [2.45, 2.75) is 69.5 Å². The van der Waals surface area contributed by atoms with Crippen LogP contribution < -0.4 is 19.1 Å². The third-order valence-corrected chi connectivity index (χ3v) is 10.2. The summed E-state index contributed by atoms with van der Waals surface area (Å²) < 4.78 is 41.0. The molecule has 3 aromatic rings. The number of aryl methyl sites for hydroxylation is 1. The molecule has 0 unspecified atom stereocenters. The maximum Gasteiger partial charge on any atom is 0.264 e. The Hall–Kier alpha value is -3.57. The Morgan fingerprint density at radius 2 is 1.57 bits per heavy atom. The lowest BCUT2D eigenvalue weighted by Gasteiger charge is -2.33. The minimum absolute atomic E-state index is 0.0354. The lowest BCUT2D eigenvalue weighted by atomic mass is 9.95. The van der Waals surface area contributed by atoms with Crippen molar-refractivity contribution in [2.24, 2.45) is 0 Å². The molecular formula is C33H40BrN3O6S. The molecule has 11 heteroatoms. The topological polar surface area (TPSA) is 105 Å². The molecule has 0 aromatic heterocycles. The number of hydrogen-bond donors (Lipinski definition) is 1. The van der Waals surface area contributed by atoms with E-state index in [0.29, 0.717) is 11.5 Å². The zero-order valence-electron chi connectivity index (χ0n) is 25.6. The standard InChI is InChI=1S/C33H40BrN3O6S/c1-23-10-17-29(18-11-23)44(40,41)37(28-16-19-30(42-3)31(20-28)43-4)22-32(38)36(21-25-12-14-26(34)15-13-25)24(2)33(39)35-27-8-6-5-7-9-27/h10-20,24,27H,5-9,21-22H2,1-4H3,(H,35,39)/t24-/m1/s1. The van der Waals surface area contributed by atoms with Gasteiger partial charge in [-0.25, -0.2) is 8.42 Å². The zero-order chi connectivity index (χ0) is 31.9. The van der Waals surface area contributed by atoms with Gasteiger partial charge in [0.25, 0.3) is 10.0 Å². The Morgan fingerprint density at radius 1 is 0.932 bits per heavy atom. The molecule has 1 saturated carbocycles. The largest absolute Gasteiger partial charge is 0.493 e. The summed E-state index contributed by atoms with van der Waals surface area (Å²) in [5.74, 6) is -0.0558. The Balaban J connectivity index is 1.72. The summed E-state index contributed by atoms with van der Waals surface area (Å²) in [6.07, 6.45) is 5.07. The van der Waals surface area contributed by atoms with Crippen LogP contribution in [0.2, 0.25) is 0 Å². The second-order valence-electron chi connectivity index (χ2n) is 11.0.